The molecule has 0 amide bonds. The van der Waals surface area contributed by atoms with Gasteiger partial charge in [0.05, 0.1) is 7.11 Å². The fourth-order valence-corrected chi connectivity index (χ4v) is 9.74. The van der Waals surface area contributed by atoms with E-state index >= 15 is 0 Å². The van der Waals surface area contributed by atoms with Crippen LogP contribution in [0.1, 0.15) is 11.1 Å². The lowest BCUT2D eigenvalue weighted by atomic mass is 10.1. The molecule has 0 spiro atoms. The van der Waals surface area contributed by atoms with Gasteiger partial charge in [0.25, 0.3) is 0 Å². The minimum atomic E-state index is -2.41. The Balaban J connectivity index is 1.87. The van der Waals surface area contributed by atoms with Crippen molar-refractivity contribution in [3.63, 3.8) is 0 Å². The summed E-state index contributed by atoms with van der Waals surface area (Å²) in [4.78, 5) is 0. The van der Waals surface area contributed by atoms with Crippen LogP contribution < -0.4 is 20.3 Å². The van der Waals surface area contributed by atoms with Gasteiger partial charge in [-0.1, -0.05) is 103 Å². The van der Waals surface area contributed by atoms with Gasteiger partial charge in [-0.15, -0.1) is 0 Å². The predicted octanol–water partition coefficient (Wildman–Crippen LogP) is 4.26. The molecule has 0 saturated heterocycles. The Morgan fingerprint density at radius 2 is 1.17 bits per heavy atom. The molecule has 0 aliphatic carbocycles. The van der Waals surface area contributed by atoms with Crippen LogP contribution in [0.15, 0.2) is 109 Å². The second-order valence-corrected chi connectivity index (χ2v) is 11.1. The van der Waals surface area contributed by atoms with Crippen molar-refractivity contribution in [1.29, 1.82) is 0 Å². The molecule has 29 heavy (non-hydrogen) atoms. The second-order valence-electron chi connectivity index (χ2n) is 7.36. The van der Waals surface area contributed by atoms with Crippen LogP contribution in [0.4, 0.5) is 0 Å². The number of hydrogen-bond donors (Lipinski definition) is 0. The van der Waals surface area contributed by atoms with Crippen LogP contribution >= 0.6 is 0 Å². The number of fused-ring (bicyclic) bond motifs is 1. The zero-order chi connectivity index (χ0) is 19.7. The maximum Gasteiger partial charge on any atom is 0.180 e. The Morgan fingerprint density at radius 3 is 1.86 bits per heavy atom. The van der Waals surface area contributed by atoms with E-state index < -0.39 is 8.07 Å². The lowest BCUT2D eigenvalue weighted by Crippen LogP contribution is -2.66. The van der Waals surface area contributed by atoms with Crippen LogP contribution in [0.5, 0.6) is 5.75 Å². The van der Waals surface area contributed by atoms with Gasteiger partial charge in [0, 0.05) is 0 Å². The summed E-state index contributed by atoms with van der Waals surface area (Å²) < 4.78 is 5.45. The first kappa shape index (κ1) is 17.7. The molecule has 1 atom stereocenters. The summed E-state index contributed by atoms with van der Waals surface area (Å²) in [5, 5.41) is 5.68. The molecular weight excluding hydrogens is 368 g/mol. The van der Waals surface area contributed by atoms with E-state index in [1.54, 1.807) is 7.11 Å². The molecule has 0 saturated carbocycles. The van der Waals surface area contributed by atoms with Crippen molar-refractivity contribution in [3.8, 4) is 5.75 Å². The van der Waals surface area contributed by atoms with Crippen LogP contribution in [-0.4, -0.2) is 15.2 Å². The van der Waals surface area contributed by atoms with E-state index in [-0.39, 0.29) is 0 Å². The molecule has 1 aliphatic rings. The van der Waals surface area contributed by atoms with E-state index in [1.807, 2.05) is 0 Å². The maximum absolute atomic E-state index is 5.45. The summed E-state index contributed by atoms with van der Waals surface area (Å²) in [6.45, 7) is 0. The van der Waals surface area contributed by atoms with Crippen molar-refractivity contribution >= 4 is 34.9 Å². The molecule has 2 heteroatoms. The van der Waals surface area contributed by atoms with Gasteiger partial charge in [-0.3, -0.25) is 0 Å². The Hall–Kier alpha value is -3.36. The first-order valence-electron chi connectivity index (χ1n) is 9.91. The molecular formula is C27H22OSi. The molecule has 0 bridgehead atoms. The zero-order valence-electron chi connectivity index (χ0n) is 16.4. The lowest BCUT2D eigenvalue weighted by molar-refractivity contribution is 0.415. The zero-order valence-corrected chi connectivity index (χ0v) is 17.4. The fourth-order valence-electron chi connectivity index (χ4n) is 4.61. The van der Waals surface area contributed by atoms with Gasteiger partial charge >= 0.3 is 0 Å². The molecule has 1 unspecified atom stereocenters. The molecule has 4 aromatic carbocycles. The van der Waals surface area contributed by atoms with Crippen LogP contribution in [0.25, 0.3) is 11.3 Å². The van der Waals surface area contributed by atoms with Crippen LogP contribution in [-0.2, 0) is 0 Å². The third-order valence-electron chi connectivity index (χ3n) is 5.88. The Kier molecular flexibility index (Phi) is 4.42. The summed E-state index contributed by atoms with van der Waals surface area (Å²) in [6, 6.07) is 39.5. The average Bonchev–Trinajstić information content (AvgIpc) is 3.16. The van der Waals surface area contributed by atoms with E-state index in [1.165, 1.54) is 31.9 Å². The third kappa shape index (κ3) is 2.76. The number of ether oxygens (including phenoxy) is 1. The summed E-state index contributed by atoms with van der Waals surface area (Å²) >= 11 is 0. The summed E-state index contributed by atoms with van der Waals surface area (Å²) in [5.74, 6) is 0.891. The van der Waals surface area contributed by atoms with Gasteiger partial charge in [-0.25, -0.2) is 0 Å². The van der Waals surface area contributed by atoms with Gasteiger partial charge in [0.1, 0.15) is 5.75 Å². The SMILES string of the molecule is COc1ccc([Si]2(c3ccccc3)C(c3ccccc3)=Cc3ccccc32)cc1. The highest BCUT2D eigenvalue weighted by Gasteiger charge is 2.47. The molecule has 0 aromatic heterocycles. The monoisotopic (exact) mass is 390 g/mol. The van der Waals surface area contributed by atoms with Gasteiger partial charge in [-0.2, -0.15) is 0 Å². The summed E-state index contributed by atoms with van der Waals surface area (Å²) in [7, 11) is -0.684. The van der Waals surface area contributed by atoms with Gasteiger partial charge in [-0.05, 0) is 44.0 Å². The molecule has 1 heterocycles. The van der Waals surface area contributed by atoms with Crippen LogP contribution in [0, 0.1) is 0 Å². The van der Waals surface area contributed by atoms with Gasteiger partial charge in [0.2, 0.25) is 0 Å². The van der Waals surface area contributed by atoms with E-state index in [2.05, 4.69) is 115 Å². The minimum Gasteiger partial charge on any atom is -0.497 e. The molecule has 0 N–H and O–H groups in total. The summed E-state index contributed by atoms with van der Waals surface area (Å²) in [5.41, 5.74) is 2.63. The Bertz CT molecular complexity index is 1160. The van der Waals surface area contributed by atoms with Gasteiger partial charge < -0.3 is 4.74 Å². The minimum absolute atomic E-state index is 0.891. The lowest BCUT2D eigenvalue weighted by Gasteiger charge is -2.33. The largest absolute Gasteiger partial charge is 0.497 e. The number of rotatable bonds is 4. The molecule has 140 valence electrons. The first-order chi connectivity index (χ1) is 14.3. The first-order valence-corrected chi connectivity index (χ1v) is 11.9. The topological polar surface area (TPSA) is 9.23 Å². The highest BCUT2D eigenvalue weighted by atomic mass is 28.3. The Labute approximate surface area is 172 Å². The van der Waals surface area contributed by atoms with Crippen molar-refractivity contribution in [2.24, 2.45) is 0 Å². The highest BCUT2D eigenvalue weighted by Crippen LogP contribution is 2.34. The van der Waals surface area contributed by atoms with E-state index in [0.717, 1.165) is 5.75 Å². The smallest absolute Gasteiger partial charge is 0.180 e. The van der Waals surface area contributed by atoms with Crippen molar-refractivity contribution < 1.29 is 4.74 Å². The highest BCUT2D eigenvalue weighted by molar-refractivity contribution is 7.24. The molecule has 0 radical (unpaired) electrons. The van der Waals surface area contributed by atoms with E-state index in [4.69, 9.17) is 4.74 Å². The van der Waals surface area contributed by atoms with Crippen molar-refractivity contribution in [2.75, 3.05) is 7.11 Å². The van der Waals surface area contributed by atoms with Crippen LogP contribution in [0.2, 0.25) is 0 Å². The maximum atomic E-state index is 5.45. The fraction of sp³-hybridized carbons (Fsp3) is 0.0370. The number of benzene rings is 4. The normalized spacial score (nSPS) is 17.5. The quantitative estimate of drug-likeness (QED) is 0.473. The number of methoxy groups -OCH3 is 1. The molecule has 1 nitrogen and oxygen atoms in total. The standard InChI is InChI=1S/C27H22OSi/c1-28-23-16-18-25(19-17-23)29(24-13-6-3-7-14-24)26-15-9-8-12-22(26)20-27(29)21-10-4-2-5-11-21/h2-20H,1H3. The molecule has 5 rings (SSSR count). The van der Waals surface area contributed by atoms with Crippen LogP contribution in [0.3, 0.4) is 0 Å². The van der Waals surface area contributed by atoms with Gasteiger partial charge in [0.15, 0.2) is 8.07 Å². The van der Waals surface area contributed by atoms with Crippen molar-refractivity contribution in [1.82, 2.24) is 0 Å². The molecule has 4 aromatic rings. The molecule has 1 aliphatic heterocycles. The molecule has 0 fully saturated rings. The summed E-state index contributed by atoms with van der Waals surface area (Å²) in [6.07, 6.45) is 2.41. The average molecular weight is 391 g/mol. The van der Waals surface area contributed by atoms with Crippen molar-refractivity contribution in [2.45, 2.75) is 0 Å². The number of hydrogen-bond acceptors (Lipinski definition) is 1. The van der Waals surface area contributed by atoms with E-state index in [9.17, 15) is 0 Å². The van der Waals surface area contributed by atoms with Crippen molar-refractivity contribution in [3.05, 3.63) is 120 Å². The second kappa shape index (κ2) is 7.23. The third-order valence-corrected chi connectivity index (χ3v) is 10.8. The Morgan fingerprint density at radius 1 is 0.586 bits per heavy atom. The predicted molar refractivity (Wildman–Crippen MR) is 125 cm³/mol. The van der Waals surface area contributed by atoms with E-state index in [0.29, 0.717) is 0 Å².